The Bertz CT molecular complexity index is 3740. The van der Waals surface area contributed by atoms with E-state index < -0.39 is 0 Å². The van der Waals surface area contributed by atoms with E-state index in [9.17, 15) is 0 Å². The van der Waals surface area contributed by atoms with Crippen molar-refractivity contribution in [3.05, 3.63) is 179 Å². The maximum Gasteiger partial charge on any atom is 0.133 e. The SMILES string of the molecule is N#CCc1ccc(-n2cnc3cnc4cc(F)c(-c5ccc6[nH]ccc6c5)cc4c32)c(Cl)c1.N#CCc1ccc(-n2cnc3cnc4cc(F)c(-c5ccc6[nH]ccc6c5)cc4c32)c(Cl)c1. The molecule has 14 heteroatoms. The van der Waals surface area contributed by atoms with E-state index in [0.717, 1.165) is 77.2 Å². The topological polar surface area (TPSA) is 141 Å². The summed E-state index contributed by atoms with van der Waals surface area (Å²) in [4.78, 5) is 24.2. The summed E-state index contributed by atoms with van der Waals surface area (Å²) >= 11 is 13.1. The molecule has 2 N–H and O–H groups in total. The molecule has 316 valence electrons. The van der Waals surface area contributed by atoms with Crippen LogP contribution in [-0.4, -0.2) is 39.0 Å². The van der Waals surface area contributed by atoms with E-state index in [1.165, 1.54) is 12.1 Å². The van der Waals surface area contributed by atoms with Crippen molar-refractivity contribution in [2.24, 2.45) is 0 Å². The van der Waals surface area contributed by atoms with Crippen molar-refractivity contribution in [1.82, 2.24) is 39.0 Å². The molecule has 0 aliphatic carbocycles. The van der Waals surface area contributed by atoms with Gasteiger partial charge in [-0.25, -0.2) is 18.7 Å². The number of aromatic nitrogens is 8. The summed E-state index contributed by atoms with van der Waals surface area (Å²) in [5, 5.41) is 22.5. The molecule has 0 aliphatic rings. The van der Waals surface area contributed by atoms with Gasteiger partial charge in [0.15, 0.2) is 0 Å². The van der Waals surface area contributed by atoms with Crippen LogP contribution in [0.3, 0.4) is 0 Å². The van der Waals surface area contributed by atoms with Crippen LogP contribution in [0.25, 0.3) is 99.3 Å². The second kappa shape index (κ2) is 16.3. The minimum atomic E-state index is -0.339. The molecule has 0 bridgehead atoms. The Hall–Kier alpha value is -8.42. The molecule has 0 atom stereocenters. The average Bonchev–Trinajstić information content (AvgIpc) is 4.16. The van der Waals surface area contributed by atoms with Crippen molar-refractivity contribution in [3.8, 4) is 45.8 Å². The smallest absolute Gasteiger partial charge is 0.133 e. The minimum absolute atomic E-state index is 0.283. The number of hydrogen-bond donors (Lipinski definition) is 2. The highest BCUT2D eigenvalue weighted by Gasteiger charge is 2.18. The van der Waals surface area contributed by atoms with Crippen LogP contribution in [0.15, 0.2) is 147 Å². The number of H-pyrrole nitrogens is 2. The zero-order chi connectivity index (χ0) is 45.1. The molecule has 0 saturated heterocycles. The Morgan fingerprint density at radius 1 is 0.515 bits per heavy atom. The van der Waals surface area contributed by atoms with Crippen molar-refractivity contribution in [1.29, 1.82) is 10.5 Å². The number of imidazole rings is 2. The Morgan fingerprint density at radius 3 is 1.39 bits per heavy atom. The number of benzene rings is 6. The first-order chi connectivity index (χ1) is 32.2. The highest BCUT2D eigenvalue weighted by molar-refractivity contribution is 6.33. The average molecular weight is 904 g/mol. The molecule has 0 spiro atoms. The van der Waals surface area contributed by atoms with E-state index in [4.69, 9.17) is 33.7 Å². The number of nitrogens with zero attached hydrogens (tertiary/aromatic N) is 8. The first kappa shape index (κ1) is 40.4. The molecule has 10 nitrogen and oxygen atoms in total. The van der Waals surface area contributed by atoms with Gasteiger partial charge in [0.25, 0.3) is 0 Å². The fourth-order valence-corrected chi connectivity index (χ4v) is 9.16. The van der Waals surface area contributed by atoms with Crippen LogP contribution in [-0.2, 0) is 12.8 Å². The third-order valence-corrected chi connectivity index (χ3v) is 12.4. The molecule has 0 aliphatic heterocycles. The van der Waals surface area contributed by atoms with E-state index in [1.54, 1.807) is 37.2 Å². The highest BCUT2D eigenvalue weighted by atomic mass is 35.5. The monoisotopic (exact) mass is 902 g/mol. The van der Waals surface area contributed by atoms with Gasteiger partial charge >= 0.3 is 0 Å². The van der Waals surface area contributed by atoms with Gasteiger partial charge in [-0.1, -0.05) is 47.5 Å². The Morgan fingerprint density at radius 2 is 0.970 bits per heavy atom. The van der Waals surface area contributed by atoms with Crippen LogP contribution in [0.1, 0.15) is 11.1 Å². The van der Waals surface area contributed by atoms with Crippen molar-refractivity contribution in [2.75, 3.05) is 0 Å². The van der Waals surface area contributed by atoms with Gasteiger partial charge in [0, 0.05) is 57.5 Å². The molecule has 66 heavy (non-hydrogen) atoms. The zero-order valence-corrected chi connectivity index (χ0v) is 35.9. The van der Waals surface area contributed by atoms with Crippen molar-refractivity contribution < 1.29 is 8.78 Å². The number of nitrogens with one attached hydrogen (secondary N) is 2. The van der Waals surface area contributed by atoms with Crippen molar-refractivity contribution >= 4 is 88.9 Å². The quantitative estimate of drug-likeness (QED) is 0.170. The molecule has 6 heterocycles. The predicted octanol–water partition coefficient (Wildman–Crippen LogP) is 13.2. The van der Waals surface area contributed by atoms with Gasteiger partial charge in [-0.15, -0.1) is 0 Å². The lowest BCUT2D eigenvalue weighted by atomic mass is 10.0. The normalized spacial score (nSPS) is 11.4. The van der Waals surface area contributed by atoms with Crippen LogP contribution in [0.4, 0.5) is 8.78 Å². The van der Waals surface area contributed by atoms with Gasteiger partial charge in [0.1, 0.15) is 35.3 Å². The predicted molar refractivity (Wildman–Crippen MR) is 256 cm³/mol. The summed E-state index contributed by atoms with van der Waals surface area (Å²) in [5.41, 5.74) is 11.7. The van der Waals surface area contributed by atoms with Gasteiger partial charge in [-0.05, 0) is 106 Å². The summed E-state index contributed by atoms with van der Waals surface area (Å²) in [6.45, 7) is 0. The second-order valence-corrected chi connectivity index (χ2v) is 16.5. The Labute approximate surface area is 383 Å². The van der Waals surface area contributed by atoms with Crippen LogP contribution in [0.2, 0.25) is 10.0 Å². The second-order valence-electron chi connectivity index (χ2n) is 15.7. The van der Waals surface area contributed by atoms with E-state index in [1.807, 2.05) is 106 Å². The molecule has 12 rings (SSSR count). The summed E-state index contributed by atoms with van der Waals surface area (Å²) in [7, 11) is 0. The summed E-state index contributed by atoms with van der Waals surface area (Å²) in [5.74, 6) is -0.677. The summed E-state index contributed by atoms with van der Waals surface area (Å²) in [6, 6.07) is 37.4. The fourth-order valence-electron chi connectivity index (χ4n) is 8.57. The number of aromatic amines is 2. The number of fused-ring (bicyclic) bond motifs is 8. The van der Waals surface area contributed by atoms with Gasteiger partial charge < -0.3 is 9.97 Å². The van der Waals surface area contributed by atoms with Crippen molar-refractivity contribution in [3.63, 3.8) is 0 Å². The molecule has 0 amide bonds. The Balaban J connectivity index is 0.000000146. The zero-order valence-electron chi connectivity index (χ0n) is 34.4. The largest absolute Gasteiger partial charge is 0.361 e. The number of nitriles is 2. The maximum absolute atomic E-state index is 15.1. The van der Waals surface area contributed by atoms with Gasteiger partial charge in [0.05, 0.1) is 80.9 Å². The van der Waals surface area contributed by atoms with Crippen molar-refractivity contribution in [2.45, 2.75) is 12.8 Å². The number of pyridine rings is 2. The van der Waals surface area contributed by atoms with Crippen LogP contribution in [0, 0.1) is 34.3 Å². The van der Waals surface area contributed by atoms with E-state index >= 15 is 8.78 Å². The summed E-state index contributed by atoms with van der Waals surface area (Å²) < 4.78 is 34.1. The molecular formula is C52H30Cl2F2N10. The minimum Gasteiger partial charge on any atom is -0.361 e. The molecule has 6 aromatic carbocycles. The molecule has 0 saturated carbocycles. The number of halogens is 4. The highest BCUT2D eigenvalue weighted by Crippen LogP contribution is 2.37. The first-order valence-electron chi connectivity index (χ1n) is 20.6. The molecule has 12 aromatic rings. The molecular weight excluding hydrogens is 874 g/mol. The third kappa shape index (κ3) is 7.02. The molecule has 0 radical (unpaired) electrons. The lowest BCUT2D eigenvalue weighted by molar-refractivity contribution is 0.632. The van der Waals surface area contributed by atoms with Crippen LogP contribution >= 0.6 is 23.2 Å². The number of rotatable bonds is 6. The van der Waals surface area contributed by atoms with Gasteiger partial charge in [-0.3, -0.25) is 19.1 Å². The molecule has 6 aromatic heterocycles. The van der Waals surface area contributed by atoms with Gasteiger partial charge in [0.2, 0.25) is 0 Å². The summed E-state index contributed by atoms with van der Waals surface area (Å²) in [6.07, 6.45) is 10.9. The van der Waals surface area contributed by atoms with Crippen LogP contribution < -0.4 is 0 Å². The molecule has 0 fully saturated rings. The third-order valence-electron chi connectivity index (χ3n) is 11.8. The lowest BCUT2D eigenvalue weighted by Crippen LogP contribution is -1.96. The van der Waals surface area contributed by atoms with Gasteiger partial charge in [-0.2, -0.15) is 10.5 Å². The Kier molecular flexibility index (Phi) is 9.96. The van der Waals surface area contributed by atoms with Crippen LogP contribution in [0.5, 0.6) is 0 Å². The maximum atomic E-state index is 15.1. The lowest BCUT2D eigenvalue weighted by Gasteiger charge is -2.11. The van der Waals surface area contributed by atoms with E-state index in [2.05, 4.69) is 42.0 Å². The van der Waals surface area contributed by atoms with E-state index in [-0.39, 0.29) is 24.5 Å². The van der Waals surface area contributed by atoms with E-state index in [0.29, 0.717) is 43.2 Å². The fraction of sp³-hybridized carbons (Fsp3) is 0.0385. The molecule has 0 unspecified atom stereocenters. The first-order valence-corrected chi connectivity index (χ1v) is 21.4. The standard InChI is InChI=1S/2C26H15ClFN5/c2*27-20-9-15(5-7-29)1-4-25(20)33-14-32-24-13-31-23-12-21(28)18(11-19(23)26(24)33)16-2-3-22-17(10-16)6-8-30-22/h2*1-4,6,8-14,30H,5H2. The number of hydrogen-bond acceptors (Lipinski definition) is 6.